The Kier molecular flexibility index (Phi) is 4.73. The number of carbonyl (C=O) groups excluding carboxylic acids is 1. The number of benzene rings is 1. The zero-order valence-electron chi connectivity index (χ0n) is 11.5. The molecular formula is C15H14BrClF2O2. The maximum atomic E-state index is 13.6. The fourth-order valence-corrected chi connectivity index (χ4v) is 3.07. The quantitative estimate of drug-likeness (QED) is 0.692. The van der Waals surface area contributed by atoms with Crippen molar-refractivity contribution in [1.29, 1.82) is 0 Å². The highest BCUT2D eigenvalue weighted by Gasteiger charge is 2.61. The van der Waals surface area contributed by atoms with E-state index in [0.29, 0.717) is 4.47 Å². The number of esters is 1. The van der Waals surface area contributed by atoms with E-state index >= 15 is 0 Å². The van der Waals surface area contributed by atoms with Gasteiger partial charge in [0.1, 0.15) is 12.4 Å². The number of ether oxygens (including phenoxy) is 1. The van der Waals surface area contributed by atoms with Crippen LogP contribution in [-0.4, -0.2) is 5.97 Å². The highest BCUT2D eigenvalue weighted by Crippen LogP contribution is 2.60. The van der Waals surface area contributed by atoms with Crippen LogP contribution in [0, 0.1) is 23.1 Å². The van der Waals surface area contributed by atoms with E-state index in [1.165, 1.54) is 12.1 Å². The number of carbonyl (C=O) groups is 1. The van der Waals surface area contributed by atoms with Crippen LogP contribution in [0.25, 0.3) is 0 Å². The summed E-state index contributed by atoms with van der Waals surface area (Å²) in [6, 6.07) is 4.52. The summed E-state index contributed by atoms with van der Waals surface area (Å²) in [4.78, 5) is 12.1. The van der Waals surface area contributed by atoms with Gasteiger partial charge in [0.25, 0.3) is 0 Å². The van der Waals surface area contributed by atoms with Gasteiger partial charge in [-0.15, -0.1) is 0 Å². The first-order valence-electron chi connectivity index (χ1n) is 6.37. The lowest BCUT2D eigenvalue weighted by atomic mass is 10.1. The molecule has 114 valence electrons. The fourth-order valence-electron chi connectivity index (χ4n) is 2.48. The number of rotatable bonds is 4. The molecule has 0 amide bonds. The monoisotopic (exact) mass is 378 g/mol. The predicted octanol–water partition coefficient (Wildman–Crippen LogP) is 4.95. The summed E-state index contributed by atoms with van der Waals surface area (Å²) >= 11 is 8.42. The van der Waals surface area contributed by atoms with Gasteiger partial charge >= 0.3 is 5.97 Å². The minimum Gasteiger partial charge on any atom is -0.460 e. The molecule has 0 N–H and O–H groups in total. The summed E-state index contributed by atoms with van der Waals surface area (Å²) in [5, 5.41) is -0.833. The third-order valence-electron chi connectivity index (χ3n) is 3.89. The standard InChI is InChI=1S/C15H14BrClF2O2/c1-15(2)9(6-12(17)19)13(15)14(20)21-7-8-10(16)4-3-5-11(8)18/h3-6,9,13H,7H2,1-2H3/t9-,13-/m1/s1. The molecule has 2 atom stereocenters. The topological polar surface area (TPSA) is 26.3 Å². The summed E-state index contributed by atoms with van der Waals surface area (Å²) < 4.78 is 32.1. The van der Waals surface area contributed by atoms with Crippen LogP contribution in [0.15, 0.2) is 34.0 Å². The third-order valence-corrected chi connectivity index (χ3v) is 4.76. The number of allylic oxidation sites excluding steroid dienone is 1. The molecule has 2 nitrogen and oxygen atoms in total. The maximum absolute atomic E-state index is 13.6. The van der Waals surface area contributed by atoms with Crippen LogP contribution in [0.5, 0.6) is 0 Å². The van der Waals surface area contributed by atoms with Crippen LogP contribution in [0.4, 0.5) is 8.78 Å². The van der Waals surface area contributed by atoms with E-state index < -0.39 is 28.4 Å². The first-order valence-corrected chi connectivity index (χ1v) is 7.54. The van der Waals surface area contributed by atoms with Gasteiger partial charge in [0.2, 0.25) is 0 Å². The van der Waals surface area contributed by atoms with Crippen molar-refractivity contribution in [3.05, 3.63) is 45.4 Å². The molecule has 1 fully saturated rings. The number of hydrogen-bond donors (Lipinski definition) is 0. The molecular weight excluding hydrogens is 366 g/mol. The first kappa shape index (κ1) is 16.4. The van der Waals surface area contributed by atoms with Gasteiger partial charge in [-0.25, -0.2) is 4.39 Å². The largest absolute Gasteiger partial charge is 0.460 e. The molecule has 0 unspecified atom stereocenters. The lowest BCUT2D eigenvalue weighted by Gasteiger charge is -2.08. The molecule has 1 saturated carbocycles. The van der Waals surface area contributed by atoms with Crippen molar-refractivity contribution in [2.24, 2.45) is 17.3 Å². The number of halogens is 4. The van der Waals surface area contributed by atoms with E-state index in [1.54, 1.807) is 12.1 Å². The summed E-state index contributed by atoms with van der Waals surface area (Å²) in [6.07, 6.45) is 1.21. The van der Waals surface area contributed by atoms with Gasteiger partial charge in [0.15, 0.2) is 5.29 Å². The minimum atomic E-state index is -0.833. The van der Waals surface area contributed by atoms with E-state index in [4.69, 9.17) is 16.3 Å². The number of hydrogen-bond acceptors (Lipinski definition) is 2. The zero-order valence-corrected chi connectivity index (χ0v) is 13.8. The van der Waals surface area contributed by atoms with Crippen molar-refractivity contribution in [2.75, 3.05) is 0 Å². The molecule has 1 aliphatic carbocycles. The Morgan fingerprint density at radius 3 is 2.76 bits per heavy atom. The van der Waals surface area contributed by atoms with Crippen molar-refractivity contribution in [3.8, 4) is 0 Å². The van der Waals surface area contributed by atoms with Gasteiger partial charge in [-0.1, -0.05) is 47.4 Å². The molecule has 0 heterocycles. The van der Waals surface area contributed by atoms with Crippen LogP contribution < -0.4 is 0 Å². The Hall–Kier alpha value is -0.940. The predicted molar refractivity (Wildman–Crippen MR) is 79.7 cm³/mol. The molecule has 0 radical (unpaired) electrons. The van der Waals surface area contributed by atoms with Crippen LogP contribution >= 0.6 is 27.5 Å². The maximum Gasteiger partial charge on any atom is 0.310 e. The summed E-state index contributed by atoms with van der Waals surface area (Å²) in [6.45, 7) is 3.50. The summed E-state index contributed by atoms with van der Waals surface area (Å²) in [5.41, 5.74) is -0.129. The van der Waals surface area contributed by atoms with Crippen LogP contribution in [-0.2, 0) is 16.1 Å². The van der Waals surface area contributed by atoms with E-state index in [1.807, 2.05) is 13.8 Å². The average molecular weight is 380 g/mol. The summed E-state index contributed by atoms with van der Waals surface area (Å²) in [5.74, 6) is -1.69. The lowest BCUT2D eigenvalue weighted by Crippen LogP contribution is -2.11. The molecule has 1 aromatic rings. The Bertz CT molecular complexity index is 577. The lowest BCUT2D eigenvalue weighted by molar-refractivity contribution is -0.147. The highest BCUT2D eigenvalue weighted by atomic mass is 79.9. The molecule has 0 aliphatic heterocycles. The third kappa shape index (κ3) is 3.46. The Morgan fingerprint density at radius 2 is 2.19 bits per heavy atom. The Balaban J connectivity index is 2.02. The molecule has 0 saturated heterocycles. The molecule has 6 heteroatoms. The molecule has 0 spiro atoms. The van der Waals surface area contributed by atoms with Crippen molar-refractivity contribution in [2.45, 2.75) is 20.5 Å². The van der Waals surface area contributed by atoms with Gasteiger partial charge in [-0.3, -0.25) is 4.79 Å². The van der Waals surface area contributed by atoms with Gasteiger partial charge in [0.05, 0.1) is 5.92 Å². The van der Waals surface area contributed by atoms with Crippen LogP contribution in [0.3, 0.4) is 0 Å². The molecule has 0 aromatic heterocycles. The van der Waals surface area contributed by atoms with Gasteiger partial charge in [0, 0.05) is 16.0 Å². The van der Waals surface area contributed by atoms with E-state index in [9.17, 15) is 13.6 Å². The van der Waals surface area contributed by atoms with E-state index in [0.717, 1.165) is 0 Å². The van der Waals surface area contributed by atoms with Gasteiger partial charge < -0.3 is 4.74 Å². The molecule has 1 aliphatic rings. The van der Waals surface area contributed by atoms with Gasteiger partial charge in [-0.2, -0.15) is 4.39 Å². The van der Waals surface area contributed by atoms with E-state index in [-0.39, 0.29) is 18.1 Å². The zero-order chi connectivity index (χ0) is 15.8. The molecule has 21 heavy (non-hydrogen) atoms. The molecule has 1 aromatic carbocycles. The molecule has 0 bridgehead atoms. The highest BCUT2D eigenvalue weighted by molar-refractivity contribution is 9.10. The fraction of sp³-hybridized carbons (Fsp3) is 0.400. The SMILES string of the molecule is CC1(C)[C@H](C=C(F)Cl)[C@@H]1C(=O)OCc1c(F)cccc1Br. The second-order valence-electron chi connectivity index (χ2n) is 5.59. The second kappa shape index (κ2) is 6.05. The second-order valence-corrected chi connectivity index (χ2v) is 6.80. The van der Waals surface area contributed by atoms with E-state index in [2.05, 4.69) is 15.9 Å². The van der Waals surface area contributed by atoms with Crippen molar-refractivity contribution in [3.63, 3.8) is 0 Å². The van der Waals surface area contributed by atoms with Crippen molar-refractivity contribution < 1.29 is 18.3 Å². The van der Waals surface area contributed by atoms with Crippen molar-refractivity contribution in [1.82, 2.24) is 0 Å². The smallest absolute Gasteiger partial charge is 0.310 e. The Morgan fingerprint density at radius 1 is 1.52 bits per heavy atom. The van der Waals surface area contributed by atoms with Crippen LogP contribution in [0.1, 0.15) is 19.4 Å². The van der Waals surface area contributed by atoms with Crippen molar-refractivity contribution >= 4 is 33.5 Å². The molecule has 2 rings (SSSR count). The first-order chi connectivity index (χ1) is 9.75. The van der Waals surface area contributed by atoms with Crippen LogP contribution in [0.2, 0.25) is 0 Å². The normalized spacial score (nSPS) is 23.8. The Labute approximate surface area is 135 Å². The van der Waals surface area contributed by atoms with Gasteiger partial charge in [-0.05, 0) is 23.6 Å². The minimum absolute atomic E-state index is 0.168. The summed E-state index contributed by atoms with van der Waals surface area (Å²) in [7, 11) is 0. The average Bonchev–Trinajstić information content (AvgIpc) is 2.89.